The van der Waals surface area contributed by atoms with Gasteiger partial charge in [0.05, 0.1) is 0 Å². The van der Waals surface area contributed by atoms with Crippen LogP contribution in [0.25, 0.3) is 0 Å². The zero-order valence-electron chi connectivity index (χ0n) is 24.1. The van der Waals surface area contributed by atoms with Gasteiger partial charge in [-0.1, -0.05) is 12.8 Å². The van der Waals surface area contributed by atoms with Gasteiger partial charge in [0.2, 0.25) is 24.1 Å². The summed E-state index contributed by atoms with van der Waals surface area (Å²) < 4.78 is 0. The van der Waals surface area contributed by atoms with E-state index in [1.54, 1.807) is 0 Å². The Kier molecular flexibility index (Phi) is 22.3. The van der Waals surface area contributed by atoms with Crippen molar-refractivity contribution >= 4 is 36.1 Å². The molecule has 0 radical (unpaired) electrons. The summed E-state index contributed by atoms with van der Waals surface area (Å²) in [5.74, 6) is -0.351. The lowest BCUT2D eigenvalue weighted by atomic mass is 10.1. The third kappa shape index (κ3) is 23.5. The SMILES string of the molecule is CC(CCCCN=C(N)N)NC(=O)CCCCCNC(=O)C(CCCN=C(N)N)NC(=O)CCCCCNC=O. The van der Waals surface area contributed by atoms with E-state index in [0.717, 1.165) is 51.4 Å². The Bertz CT molecular complexity index is 783. The van der Waals surface area contributed by atoms with Crippen LogP contribution < -0.4 is 44.2 Å². The summed E-state index contributed by atoms with van der Waals surface area (Å²) in [5, 5.41) is 11.3. The van der Waals surface area contributed by atoms with Gasteiger partial charge in [-0.25, -0.2) is 0 Å². The van der Waals surface area contributed by atoms with Gasteiger partial charge in [0.1, 0.15) is 6.04 Å². The molecule has 0 aromatic carbocycles. The van der Waals surface area contributed by atoms with Crippen LogP contribution in [-0.4, -0.2) is 74.3 Å². The summed E-state index contributed by atoms with van der Waals surface area (Å²) in [4.78, 5) is 55.4. The topological polar surface area (TPSA) is 245 Å². The Labute approximate surface area is 238 Å². The van der Waals surface area contributed by atoms with Gasteiger partial charge in [-0.2, -0.15) is 0 Å². The summed E-state index contributed by atoms with van der Waals surface area (Å²) in [6, 6.07) is -0.588. The van der Waals surface area contributed by atoms with E-state index in [9.17, 15) is 19.2 Å². The van der Waals surface area contributed by atoms with Crippen LogP contribution in [-0.2, 0) is 19.2 Å². The minimum Gasteiger partial charge on any atom is -0.370 e. The quantitative estimate of drug-likeness (QED) is 0.0306. The highest BCUT2D eigenvalue weighted by Gasteiger charge is 2.20. The summed E-state index contributed by atoms with van der Waals surface area (Å²) in [7, 11) is 0. The Morgan fingerprint density at radius 1 is 0.700 bits per heavy atom. The predicted octanol–water partition coefficient (Wildman–Crippen LogP) is -0.544. The summed E-state index contributed by atoms with van der Waals surface area (Å²) in [6.07, 6.45) is 9.48. The lowest BCUT2D eigenvalue weighted by Crippen LogP contribution is -2.47. The Balaban J connectivity index is 4.27. The van der Waals surface area contributed by atoms with E-state index < -0.39 is 6.04 Å². The van der Waals surface area contributed by atoms with Gasteiger partial charge in [0, 0.05) is 45.1 Å². The van der Waals surface area contributed by atoms with Crippen molar-refractivity contribution in [1.82, 2.24) is 21.3 Å². The zero-order chi connectivity index (χ0) is 30.0. The van der Waals surface area contributed by atoms with Crippen LogP contribution in [0.15, 0.2) is 9.98 Å². The number of aliphatic imine (C=N–C) groups is 2. The largest absolute Gasteiger partial charge is 0.370 e. The molecule has 0 aliphatic carbocycles. The molecule has 14 nitrogen and oxygen atoms in total. The molecule has 0 saturated carbocycles. The molecule has 0 bridgehead atoms. The normalized spacial score (nSPS) is 11.9. The van der Waals surface area contributed by atoms with Crippen LogP contribution >= 0.6 is 0 Å². The molecule has 0 fully saturated rings. The Morgan fingerprint density at radius 3 is 1.88 bits per heavy atom. The minimum atomic E-state index is -0.676. The van der Waals surface area contributed by atoms with Crippen molar-refractivity contribution in [3.63, 3.8) is 0 Å². The molecule has 0 heterocycles. The predicted molar refractivity (Wildman–Crippen MR) is 158 cm³/mol. The fourth-order valence-electron chi connectivity index (χ4n) is 3.90. The van der Waals surface area contributed by atoms with E-state index >= 15 is 0 Å². The smallest absolute Gasteiger partial charge is 0.242 e. The van der Waals surface area contributed by atoms with Crippen LogP contribution in [0.1, 0.15) is 90.4 Å². The number of hydrogen-bond donors (Lipinski definition) is 8. The lowest BCUT2D eigenvalue weighted by molar-refractivity contribution is -0.129. The molecule has 4 amide bonds. The number of carbonyl (C=O) groups excluding carboxylic acids is 4. The van der Waals surface area contributed by atoms with Crippen molar-refractivity contribution in [2.75, 3.05) is 26.2 Å². The second-order valence-electron chi connectivity index (χ2n) is 9.82. The molecule has 2 unspecified atom stereocenters. The number of nitrogens with zero attached hydrogens (tertiary/aromatic N) is 2. The molecule has 0 aliphatic rings. The molecule has 0 aliphatic heterocycles. The van der Waals surface area contributed by atoms with Crippen molar-refractivity contribution in [1.29, 1.82) is 0 Å². The standard InChI is InChI=1S/C26H52N10O4/c1-20(11-6-9-17-33-25(27)28)35-22(38)13-5-3-8-16-32-24(40)21(12-10-18-34-26(29)30)36-23(39)14-4-2-7-15-31-19-37/h19-21H,2-18H2,1H3,(H,31,37)(H,32,40)(H,35,38)(H,36,39)(H4,27,28,33)(H4,29,30,34). The number of amides is 4. The molecule has 0 aromatic heterocycles. The first-order chi connectivity index (χ1) is 19.1. The summed E-state index contributed by atoms with van der Waals surface area (Å²) in [5.41, 5.74) is 21.3. The second kappa shape index (κ2) is 24.5. The van der Waals surface area contributed by atoms with E-state index in [1.807, 2.05) is 6.92 Å². The highest BCUT2D eigenvalue weighted by atomic mass is 16.2. The number of rotatable bonds is 25. The maximum atomic E-state index is 12.7. The van der Waals surface area contributed by atoms with E-state index in [0.29, 0.717) is 64.7 Å². The molecule has 0 aromatic rings. The lowest BCUT2D eigenvalue weighted by Gasteiger charge is -2.18. The highest BCUT2D eigenvalue weighted by Crippen LogP contribution is 2.05. The number of guanidine groups is 2. The average molecular weight is 569 g/mol. The fraction of sp³-hybridized carbons (Fsp3) is 0.769. The number of hydrogen-bond acceptors (Lipinski definition) is 6. The highest BCUT2D eigenvalue weighted by molar-refractivity contribution is 5.87. The van der Waals surface area contributed by atoms with Gasteiger partial charge in [0.25, 0.3) is 0 Å². The third-order valence-corrected chi connectivity index (χ3v) is 6.03. The van der Waals surface area contributed by atoms with Gasteiger partial charge in [-0.15, -0.1) is 0 Å². The third-order valence-electron chi connectivity index (χ3n) is 6.03. The number of carbonyl (C=O) groups is 4. The Morgan fingerprint density at radius 2 is 1.27 bits per heavy atom. The Hall–Kier alpha value is -3.58. The monoisotopic (exact) mass is 568 g/mol. The van der Waals surface area contributed by atoms with Crippen LogP contribution in [0.4, 0.5) is 0 Å². The van der Waals surface area contributed by atoms with E-state index in [-0.39, 0.29) is 35.7 Å². The van der Waals surface area contributed by atoms with Crippen LogP contribution in [0.2, 0.25) is 0 Å². The van der Waals surface area contributed by atoms with Gasteiger partial charge in [-0.05, 0) is 64.7 Å². The minimum absolute atomic E-state index is 0.0169. The number of nitrogens with two attached hydrogens (primary N) is 4. The first-order valence-corrected chi connectivity index (χ1v) is 14.3. The van der Waals surface area contributed by atoms with Crippen LogP contribution in [0.3, 0.4) is 0 Å². The molecule has 0 rings (SSSR count). The first kappa shape index (κ1) is 36.4. The van der Waals surface area contributed by atoms with Crippen molar-refractivity contribution in [3.8, 4) is 0 Å². The molecule has 230 valence electrons. The van der Waals surface area contributed by atoms with E-state index in [4.69, 9.17) is 22.9 Å². The van der Waals surface area contributed by atoms with Gasteiger partial charge < -0.3 is 44.2 Å². The molecule has 2 atom stereocenters. The number of nitrogens with one attached hydrogen (secondary N) is 4. The maximum absolute atomic E-state index is 12.7. The van der Waals surface area contributed by atoms with E-state index in [2.05, 4.69) is 31.3 Å². The zero-order valence-corrected chi connectivity index (χ0v) is 24.1. The molecule has 0 saturated heterocycles. The summed E-state index contributed by atoms with van der Waals surface area (Å²) in [6.45, 7) is 3.97. The maximum Gasteiger partial charge on any atom is 0.242 e. The van der Waals surface area contributed by atoms with E-state index in [1.165, 1.54) is 0 Å². The second-order valence-corrected chi connectivity index (χ2v) is 9.82. The van der Waals surface area contributed by atoms with Gasteiger partial charge in [0.15, 0.2) is 11.9 Å². The number of unbranched alkanes of at least 4 members (excludes halogenated alkanes) is 5. The molecule has 0 spiro atoms. The van der Waals surface area contributed by atoms with Gasteiger partial charge in [-0.3, -0.25) is 29.2 Å². The van der Waals surface area contributed by atoms with Crippen LogP contribution in [0.5, 0.6) is 0 Å². The molecular weight excluding hydrogens is 516 g/mol. The van der Waals surface area contributed by atoms with Crippen molar-refractivity contribution in [3.05, 3.63) is 0 Å². The molecule has 40 heavy (non-hydrogen) atoms. The first-order valence-electron chi connectivity index (χ1n) is 14.3. The average Bonchev–Trinajstić information content (AvgIpc) is 2.89. The van der Waals surface area contributed by atoms with Crippen molar-refractivity contribution in [2.24, 2.45) is 32.9 Å². The summed E-state index contributed by atoms with van der Waals surface area (Å²) >= 11 is 0. The van der Waals surface area contributed by atoms with Crippen LogP contribution in [0, 0.1) is 0 Å². The fourth-order valence-corrected chi connectivity index (χ4v) is 3.90. The van der Waals surface area contributed by atoms with Gasteiger partial charge >= 0.3 is 0 Å². The molecular formula is C26H52N10O4. The molecule has 12 N–H and O–H groups in total. The van der Waals surface area contributed by atoms with Crippen molar-refractivity contribution in [2.45, 2.75) is 102 Å². The van der Waals surface area contributed by atoms with Crippen molar-refractivity contribution < 1.29 is 19.2 Å². The molecule has 14 heteroatoms.